The van der Waals surface area contributed by atoms with E-state index in [4.69, 9.17) is 16.6 Å². The van der Waals surface area contributed by atoms with E-state index < -0.39 is 0 Å². The Morgan fingerprint density at radius 2 is 1.88 bits per heavy atom. The van der Waals surface area contributed by atoms with Gasteiger partial charge < -0.3 is 5.11 Å². The van der Waals surface area contributed by atoms with E-state index in [9.17, 15) is 5.11 Å². The zero-order valence-electron chi connectivity index (χ0n) is 14.6. The molecule has 0 fully saturated rings. The van der Waals surface area contributed by atoms with Gasteiger partial charge in [-0.3, -0.25) is 4.99 Å². The molecular weight excluding hydrogens is 346 g/mol. The van der Waals surface area contributed by atoms with Gasteiger partial charge >= 0.3 is 0 Å². The molecule has 0 radical (unpaired) electrons. The summed E-state index contributed by atoms with van der Waals surface area (Å²) in [5, 5.41) is 19.4. The Morgan fingerprint density at radius 1 is 1.08 bits per heavy atom. The lowest BCUT2D eigenvalue weighted by molar-refractivity contribution is 0.475. The molecule has 0 aromatic heterocycles. The molecule has 2 aliphatic heterocycles. The molecule has 2 aromatic rings. The lowest BCUT2D eigenvalue weighted by Crippen LogP contribution is -2.23. The lowest BCUT2D eigenvalue weighted by Gasteiger charge is -2.20. The van der Waals surface area contributed by atoms with Crippen molar-refractivity contribution in [2.24, 2.45) is 21.1 Å². The molecule has 4 rings (SSSR count). The first-order chi connectivity index (χ1) is 12.6. The number of halogens is 1. The van der Waals surface area contributed by atoms with E-state index in [1.165, 1.54) is 5.56 Å². The summed E-state index contributed by atoms with van der Waals surface area (Å²) in [6.45, 7) is 2.55. The standard InChI is InChI=1S/C21H20ClN3O/c1-13-10-16-3-2-14-6-9-18(26)11-19(14)21(23-12-20(16)25-24-13)15-4-7-17(22)8-5-15/h4-9,11,16,26H,2-3,10,12H2,1H3. The van der Waals surface area contributed by atoms with Crippen molar-refractivity contribution < 1.29 is 5.11 Å². The van der Waals surface area contributed by atoms with Crippen LogP contribution in [0.25, 0.3) is 0 Å². The quantitative estimate of drug-likeness (QED) is 0.784. The van der Waals surface area contributed by atoms with Crippen LogP contribution in [0.2, 0.25) is 5.02 Å². The second kappa shape index (κ2) is 7.04. The predicted molar refractivity (Wildman–Crippen MR) is 107 cm³/mol. The van der Waals surface area contributed by atoms with E-state index in [2.05, 4.69) is 10.2 Å². The second-order valence-electron chi connectivity index (χ2n) is 6.88. The molecule has 2 heterocycles. The van der Waals surface area contributed by atoms with E-state index in [1.807, 2.05) is 37.3 Å². The predicted octanol–water partition coefficient (Wildman–Crippen LogP) is 4.67. The molecule has 0 amide bonds. The minimum absolute atomic E-state index is 0.249. The van der Waals surface area contributed by atoms with Gasteiger partial charge in [0.05, 0.1) is 18.0 Å². The third-order valence-electron chi connectivity index (χ3n) is 4.99. The van der Waals surface area contributed by atoms with E-state index >= 15 is 0 Å². The van der Waals surface area contributed by atoms with Gasteiger partial charge in [-0.25, -0.2) is 0 Å². The van der Waals surface area contributed by atoms with Crippen molar-refractivity contribution in [3.63, 3.8) is 0 Å². The van der Waals surface area contributed by atoms with Crippen LogP contribution in [-0.4, -0.2) is 28.8 Å². The summed E-state index contributed by atoms with van der Waals surface area (Å²) in [5.74, 6) is 0.626. The van der Waals surface area contributed by atoms with Gasteiger partial charge in [-0.05, 0) is 56.0 Å². The molecule has 5 heteroatoms. The third kappa shape index (κ3) is 3.42. The first-order valence-corrected chi connectivity index (χ1v) is 9.20. The van der Waals surface area contributed by atoms with Gasteiger partial charge in [-0.1, -0.05) is 29.8 Å². The minimum atomic E-state index is 0.249. The molecular formula is C21H20ClN3O. The number of nitrogens with zero attached hydrogens (tertiary/aromatic N) is 3. The average molecular weight is 366 g/mol. The van der Waals surface area contributed by atoms with Crippen molar-refractivity contribution in [2.45, 2.75) is 26.2 Å². The number of hydrogen-bond donors (Lipinski definition) is 1. The van der Waals surface area contributed by atoms with E-state index in [0.717, 1.165) is 47.5 Å². The SMILES string of the molecule is CC1=NN=C2CN=C(c3ccc(Cl)cc3)c3cc(O)ccc3CCC2C1. The highest BCUT2D eigenvalue weighted by Gasteiger charge is 2.24. The molecule has 26 heavy (non-hydrogen) atoms. The van der Waals surface area contributed by atoms with Crippen molar-refractivity contribution in [1.82, 2.24) is 0 Å². The zero-order valence-corrected chi connectivity index (χ0v) is 15.4. The fourth-order valence-corrected chi connectivity index (χ4v) is 3.73. The Kier molecular flexibility index (Phi) is 4.60. The van der Waals surface area contributed by atoms with Crippen LogP contribution in [0.4, 0.5) is 0 Å². The number of rotatable bonds is 1. The molecule has 0 saturated carbocycles. The maximum atomic E-state index is 10.1. The summed E-state index contributed by atoms with van der Waals surface area (Å²) in [6, 6.07) is 13.2. The van der Waals surface area contributed by atoms with Crippen LogP contribution in [0.1, 0.15) is 36.5 Å². The summed E-state index contributed by atoms with van der Waals surface area (Å²) in [5.41, 5.74) is 6.13. The van der Waals surface area contributed by atoms with E-state index in [0.29, 0.717) is 17.5 Å². The smallest absolute Gasteiger partial charge is 0.116 e. The molecule has 1 atom stereocenters. The molecule has 0 aliphatic carbocycles. The Hall–Kier alpha value is -2.46. The summed E-state index contributed by atoms with van der Waals surface area (Å²) in [6.07, 6.45) is 2.87. The van der Waals surface area contributed by atoms with Crippen molar-refractivity contribution in [3.8, 4) is 5.75 Å². The van der Waals surface area contributed by atoms with Gasteiger partial charge in [0.1, 0.15) is 5.75 Å². The molecule has 1 N–H and O–H groups in total. The normalized spacial score (nSPS) is 19.8. The van der Waals surface area contributed by atoms with E-state index in [1.54, 1.807) is 12.1 Å². The van der Waals surface area contributed by atoms with Crippen LogP contribution >= 0.6 is 11.6 Å². The maximum absolute atomic E-state index is 10.1. The Bertz CT molecular complexity index is 929. The van der Waals surface area contributed by atoms with Gasteiger partial charge in [0, 0.05) is 27.8 Å². The van der Waals surface area contributed by atoms with Crippen LogP contribution < -0.4 is 0 Å². The minimum Gasteiger partial charge on any atom is -0.508 e. The molecule has 0 bridgehead atoms. The number of benzene rings is 2. The van der Waals surface area contributed by atoms with Crippen LogP contribution in [0.5, 0.6) is 5.75 Å². The second-order valence-corrected chi connectivity index (χ2v) is 7.32. The molecule has 2 aliphatic rings. The number of phenolic OH excluding ortho intramolecular Hbond substituents is 1. The number of aryl methyl sites for hydroxylation is 1. The third-order valence-corrected chi connectivity index (χ3v) is 5.24. The maximum Gasteiger partial charge on any atom is 0.116 e. The van der Waals surface area contributed by atoms with Crippen LogP contribution in [0, 0.1) is 5.92 Å². The summed E-state index contributed by atoms with van der Waals surface area (Å²) < 4.78 is 0. The Balaban J connectivity index is 1.84. The Morgan fingerprint density at radius 3 is 2.69 bits per heavy atom. The van der Waals surface area contributed by atoms with Crippen LogP contribution in [0.3, 0.4) is 0 Å². The summed E-state index contributed by atoms with van der Waals surface area (Å²) in [4.78, 5) is 4.90. The highest BCUT2D eigenvalue weighted by Crippen LogP contribution is 2.28. The number of phenols is 1. The number of aromatic hydroxyl groups is 1. The number of fused-ring (bicyclic) bond motifs is 2. The van der Waals surface area contributed by atoms with Gasteiger partial charge in [0.25, 0.3) is 0 Å². The monoisotopic (exact) mass is 365 g/mol. The summed E-state index contributed by atoms with van der Waals surface area (Å²) in [7, 11) is 0. The molecule has 0 spiro atoms. The highest BCUT2D eigenvalue weighted by molar-refractivity contribution is 6.30. The first kappa shape index (κ1) is 17.0. The molecule has 2 aromatic carbocycles. The molecule has 1 unspecified atom stereocenters. The first-order valence-electron chi connectivity index (χ1n) is 8.82. The van der Waals surface area contributed by atoms with Crippen molar-refractivity contribution in [2.75, 3.05) is 6.54 Å². The molecule has 132 valence electrons. The number of hydrogen-bond acceptors (Lipinski definition) is 4. The van der Waals surface area contributed by atoms with Gasteiger partial charge in [-0.2, -0.15) is 10.2 Å². The fourth-order valence-electron chi connectivity index (χ4n) is 3.61. The average Bonchev–Trinajstić information content (AvgIpc) is 2.70. The van der Waals surface area contributed by atoms with E-state index in [-0.39, 0.29) is 5.75 Å². The van der Waals surface area contributed by atoms with Gasteiger partial charge in [0.2, 0.25) is 0 Å². The van der Waals surface area contributed by atoms with Crippen molar-refractivity contribution in [1.29, 1.82) is 0 Å². The topological polar surface area (TPSA) is 57.3 Å². The van der Waals surface area contributed by atoms with Gasteiger partial charge in [-0.15, -0.1) is 0 Å². The summed E-state index contributed by atoms with van der Waals surface area (Å²) >= 11 is 6.05. The van der Waals surface area contributed by atoms with Crippen molar-refractivity contribution >= 4 is 28.7 Å². The van der Waals surface area contributed by atoms with Crippen LogP contribution in [-0.2, 0) is 6.42 Å². The van der Waals surface area contributed by atoms with Crippen LogP contribution in [0.15, 0.2) is 57.7 Å². The largest absolute Gasteiger partial charge is 0.508 e. The number of aliphatic imine (C=N–C) groups is 1. The fraction of sp³-hybridized carbons (Fsp3) is 0.286. The molecule has 4 nitrogen and oxygen atoms in total. The van der Waals surface area contributed by atoms with Crippen molar-refractivity contribution in [3.05, 3.63) is 64.2 Å². The molecule has 0 saturated heterocycles. The zero-order chi connectivity index (χ0) is 18.1. The highest BCUT2D eigenvalue weighted by atomic mass is 35.5. The Labute approximate surface area is 158 Å². The lowest BCUT2D eigenvalue weighted by atomic mass is 9.88. The van der Waals surface area contributed by atoms with Gasteiger partial charge in [0.15, 0.2) is 0 Å².